The first-order valence-electron chi connectivity index (χ1n) is 8.70. The van der Waals surface area contributed by atoms with Crippen LogP contribution in [0.4, 0.5) is 22.0 Å². The van der Waals surface area contributed by atoms with E-state index >= 15 is 0 Å². The number of rotatable bonds is 5. The van der Waals surface area contributed by atoms with Gasteiger partial charge in [0.05, 0.1) is 0 Å². The third kappa shape index (κ3) is 4.29. The molecule has 150 valence electrons. The number of hydrogen-bond donors (Lipinski definition) is 0. The SMILES string of the molecule is C/C=C/CCc1cc(F)c(C(=O)Oc2ccc3c(F)c(F)c(F)cc3c2)c(F)c1. The summed E-state index contributed by atoms with van der Waals surface area (Å²) in [7, 11) is 0. The standard InChI is InChI=1S/C22H15F5O2/c1-2-3-4-5-12-8-16(23)19(17(24)9-12)22(28)29-14-6-7-15-13(10-14)11-18(25)21(27)20(15)26/h2-3,6-11H,4-5H2,1H3/b3-2+. The Balaban J connectivity index is 1.87. The summed E-state index contributed by atoms with van der Waals surface area (Å²) < 4.78 is 73.9. The summed E-state index contributed by atoms with van der Waals surface area (Å²) in [6, 6.07) is 6.09. The molecule has 0 unspecified atom stereocenters. The Bertz CT molecular complexity index is 1100. The van der Waals surface area contributed by atoms with Crippen LogP contribution in [0.3, 0.4) is 0 Å². The second-order valence-corrected chi connectivity index (χ2v) is 6.30. The van der Waals surface area contributed by atoms with E-state index in [0.717, 1.165) is 36.4 Å². The topological polar surface area (TPSA) is 26.3 Å². The minimum atomic E-state index is -1.62. The number of ether oxygens (including phenoxy) is 1. The minimum absolute atomic E-state index is 0.0769. The predicted molar refractivity (Wildman–Crippen MR) is 98.3 cm³/mol. The number of hydrogen-bond acceptors (Lipinski definition) is 2. The van der Waals surface area contributed by atoms with Crippen LogP contribution in [0.2, 0.25) is 0 Å². The van der Waals surface area contributed by atoms with Gasteiger partial charge in [-0.3, -0.25) is 0 Å². The quantitative estimate of drug-likeness (QED) is 0.164. The van der Waals surface area contributed by atoms with Crippen LogP contribution in [0.5, 0.6) is 5.75 Å². The second-order valence-electron chi connectivity index (χ2n) is 6.30. The highest BCUT2D eigenvalue weighted by Gasteiger charge is 2.21. The largest absolute Gasteiger partial charge is 0.423 e. The maximum atomic E-state index is 14.3. The Hall–Kier alpha value is -3.22. The fraction of sp³-hybridized carbons (Fsp3) is 0.136. The van der Waals surface area contributed by atoms with Gasteiger partial charge in [-0.15, -0.1) is 0 Å². The molecule has 29 heavy (non-hydrogen) atoms. The van der Waals surface area contributed by atoms with Crippen LogP contribution >= 0.6 is 0 Å². The first-order valence-corrected chi connectivity index (χ1v) is 8.70. The number of halogens is 5. The molecule has 0 atom stereocenters. The van der Waals surface area contributed by atoms with Gasteiger partial charge in [0, 0.05) is 5.39 Å². The van der Waals surface area contributed by atoms with Gasteiger partial charge >= 0.3 is 5.97 Å². The van der Waals surface area contributed by atoms with E-state index in [9.17, 15) is 26.7 Å². The zero-order valence-corrected chi connectivity index (χ0v) is 15.2. The van der Waals surface area contributed by atoms with Crippen molar-refractivity contribution >= 4 is 16.7 Å². The van der Waals surface area contributed by atoms with Gasteiger partial charge < -0.3 is 4.74 Å². The van der Waals surface area contributed by atoms with Crippen molar-refractivity contribution in [2.45, 2.75) is 19.8 Å². The molecule has 0 heterocycles. The molecule has 0 N–H and O–H groups in total. The van der Waals surface area contributed by atoms with E-state index in [0.29, 0.717) is 18.4 Å². The second kappa shape index (κ2) is 8.43. The van der Waals surface area contributed by atoms with E-state index in [4.69, 9.17) is 4.74 Å². The molecule has 0 aliphatic heterocycles. The average Bonchev–Trinajstić information content (AvgIpc) is 2.66. The molecule has 3 aromatic carbocycles. The first kappa shape index (κ1) is 20.5. The lowest BCUT2D eigenvalue weighted by molar-refractivity contribution is 0.0725. The molecule has 0 bridgehead atoms. The Morgan fingerprint density at radius 2 is 1.62 bits per heavy atom. The zero-order valence-electron chi connectivity index (χ0n) is 15.2. The molecule has 0 fully saturated rings. The monoisotopic (exact) mass is 406 g/mol. The van der Waals surface area contributed by atoms with E-state index < -0.39 is 40.6 Å². The summed E-state index contributed by atoms with van der Waals surface area (Å²) >= 11 is 0. The summed E-state index contributed by atoms with van der Waals surface area (Å²) in [6.45, 7) is 1.83. The van der Waals surface area contributed by atoms with Gasteiger partial charge in [-0.05, 0) is 67.1 Å². The molecule has 3 aromatic rings. The van der Waals surface area contributed by atoms with Crippen molar-refractivity contribution in [2.75, 3.05) is 0 Å². The number of carbonyl (C=O) groups is 1. The molecule has 0 aliphatic rings. The molecule has 0 aromatic heterocycles. The molecule has 0 spiro atoms. The van der Waals surface area contributed by atoms with Crippen LogP contribution in [0.15, 0.2) is 48.6 Å². The number of benzene rings is 3. The van der Waals surface area contributed by atoms with Crippen molar-refractivity contribution in [2.24, 2.45) is 0 Å². The average molecular weight is 406 g/mol. The van der Waals surface area contributed by atoms with Gasteiger partial charge in [-0.2, -0.15) is 0 Å². The molecule has 0 saturated carbocycles. The Morgan fingerprint density at radius 1 is 0.931 bits per heavy atom. The van der Waals surface area contributed by atoms with E-state index in [1.54, 1.807) is 0 Å². The Labute approximate surface area is 163 Å². The lowest BCUT2D eigenvalue weighted by Crippen LogP contribution is -2.14. The molecule has 3 rings (SSSR count). The highest BCUT2D eigenvalue weighted by atomic mass is 19.2. The molecule has 2 nitrogen and oxygen atoms in total. The molecule has 0 radical (unpaired) electrons. The summed E-state index contributed by atoms with van der Waals surface area (Å²) in [5, 5.41) is -0.307. The number of carbonyl (C=O) groups excluding carboxylic acids is 1. The van der Waals surface area contributed by atoms with E-state index in [1.165, 1.54) is 0 Å². The van der Waals surface area contributed by atoms with Crippen LogP contribution in [-0.2, 0) is 6.42 Å². The minimum Gasteiger partial charge on any atom is -0.423 e. The molecule has 0 aliphatic carbocycles. The molecular weight excluding hydrogens is 391 g/mol. The van der Waals surface area contributed by atoms with E-state index in [2.05, 4.69) is 0 Å². The summed E-state index contributed by atoms with van der Waals surface area (Å²) in [5.74, 6) is -8.09. The van der Waals surface area contributed by atoms with Gasteiger partial charge in [0.25, 0.3) is 0 Å². The third-order valence-corrected chi connectivity index (χ3v) is 4.30. The van der Waals surface area contributed by atoms with E-state index in [1.807, 2.05) is 19.1 Å². The van der Waals surface area contributed by atoms with Gasteiger partial charge in [0.2, 0.25) is 0 Å². The Kier molecular flexibility index (Phi) is 5.96. The molecule has 7 heteroatoms. The third-order valence-electron chi connectivity index (χ3n) is 4.30. The van der Waals surface area contributed by atoms with Crippen molar-refractivity contribution in [3.8, 4) is 5.75 Å². The highest BCUT2D eigenvalue weighted by molar-refractivity contribution is 5.93. The summed E-state index contributed by atoms with van der Waals surface area (Å²) in [5.41, 5.74) is -0.496. The first-order chi connectivity index (χ1) is 13.8. The van der Waals surface area contributed by atoms with Crippen LogP contribution in [0.25, 0.3) is 10.8 Å². The van der Waals surface area contributed by atoms with Gasteiger partial charge in [0.15, 0.2) is 17.5 Å². The molecule has 0 saturated heterocycles. The van der Waals surface area contributed by atoms with Crippen molar-refractivity contribution in [1.82, 2.24) is 0 Å². The summed E-state index contributed by atoms with van der Waals surface area (Å²) in [4.78, 5) is 12.2. The van der Waals surface area contributed by atoms with Crippen LogP contribution in [0, 0.1) is 29.1 Å². The normalized spacial score (nSPS) is 11.4. The molecule has 0 amide bonds. The lowest BCUT2D eigenvalue weighted by atomic mass is 10.1. The van der Waals surface area contributed by atoms with Crippen molar-refractivity contribution in [3.05, 3.63) is 88.8 Å². The fourth-order valence-electron chi connectivity index (χ4n) is 2.89. The van der Waals surface area contributed by atoms with Crippen molar-refractivity contribution < 1.29 is 31.5 Å². The zero-order chi connectivity index (χ0) is 21.1. The Morgan fingerprint density at radius 3 is 2.28 bits per heavy atom. The van der Waals surface area contributed by atoms with Crippen molar-refractivity contribution in [1.29, 1.82) is 0 Å². The fourth-order valence-corrected chi connectivity index (χ4v) is 2.89. The smallest absolute Gasteiger partial charge is 0.349 e. The van der Waals surface area contributed by atoms with Crippen molar-refractivity contribution in [3.63, 3.8) is 0 Å². The van der Waals surface area contributed by atoms with Crippen LogP contribution in [-0.4, -0.2) is 5.97 Å². The predicted octanol–water partition coefficient (Wildman–Crippen LogP) is 6.26. The molecular formula is C22H15F5O2. The van der Waals surface area contributed by atoms with E-state index in [-0.39, 0.29) is 16.5 Å². The van der Waals surface area contributed by atoms with Gasteiger partial charge in [0.1, 0.15) is 22.9 Å². The highest BCUT2D eigenvalue weighted by Crippen LogP contribution is 2.27. The van der Waals surface area contributed by atoms with Crippen LogP contribution in [0.1, 0.15) is 29.3 Å². The maximum Gasteiger partial charge on any atom is 0.349 e. The lowest BCUT2D eigenvalue weighted by Gasteiger charge is -2.09. The maximum absolute atomic E-state index is 14.3. The number of allylic oxidation sites excluding steroid dienone is 2. The number of fused-ring (bicyclic) bond motifs is 1. The number of aryl methyl sites for hydroxylation is 1. The van der Waals surface area contributed by atoms with Gasteiger partial charge in [-0.1, -0.05) is 12.2 Å². The number of esters is 1. The van der Waals surface area contributed by atoms with Gasteiger partial charge in [-0.25, -0.2) is 26.7 Å². The van der Waals surface area contributed by atoms with Crippen LogP contribution < -0.4 is 4.74 Å². The summed E-state index contributed by atoms with van der Waals surface area (Å²) in [6.07, 6.45) is 4.64.